The van der Waals surface area contributed by atoms with E-state index in [1.54, 1.807) is 92.0 Å². The molecule has 0 saturated heterocycles. The van der Waals surface area contributed by atoms with Crippen molar-refractivity contribution in [3.05, 3.63) is 150 Å². The Morgan fingerprint density at radius 2 is 1.39 bits per heavy atom. The third-order valence-electron chi connectivity index (χ3n) is 7.47. The highest BCUT2D eigenvalue weighted by Gasteiger charge is 2.23. The van der Waals surface area contributed by atoms with E-state index >= 15 is 0 Å². The van der Waals surface area contributed by atoms with Crippen LogP contribution in [0.4, 0.5) is 11.4 Å². The van der Waals surface area contributed by atoms with E-state index in [4.69, 9.17) is 14.2 Å². The number of hydrogen-bond donors (Lipinski definition) is 3. The molecular weight excluding hydrogens is 639 g/mol. The van der Waals surface area contributed by atoms with E-state index in [0.29, 0.717) is 53.0 Å². The summed E-state index contributed by atoms with van der Waals surface area (Å²) < 4.78 is 16.5. The van der Waals surface area contributed by atoms with Crippen LogP contribution in [0.2, 0.25) is 0 Å². The van der Waals surface area contributed by atoms with Crippen LogP contribution in [0.5, 0.6) is 17.2 Å². The lowest BCUT2D eigenvalue weighted by Crippen LogP contribution is -2.30. The normalized spacial score (nSPS) is 12.7. The van der Waals surface area contributed by atoms with Gasteiger partial charge in [-0.05, 0) is 77.9 Å². The first-order chi connectivity index (χ1) is 23.9. The van der Waals surface area contributed by atoms with Gasteiger partial charge in [-0.15, -0.1) is 11.8 Å². The van der Waals surface area contributed by atoms with Gasteiger partial charge in [-0.2, -0.15) is 0 Å². The van der Waals surface area contributed by atoms with Crippen LogP contribution in [0.15, 0.2) is 138 Å². The number of ether oxygens (including phenoxy) is 3. The van der Waals surface area contributed by atoms with Crippen molar-refractivity contribution < 1.29 is 28.6 Å². The molecule has 5 aromatic carbocycles. The number of anilines is 2. The van der Waals surface area contributed by atoms with Crippen LogP contribution in [0.1, 0.15) is 26.7 Å². The second kappa shape index (κ2) is 15.7. The van der Waals surface area contributed by atoms with E-state index in [0.717, 1.165) is 10.5 Å². The van der Waals surface area contributed by atoms with E-state index < -0.39 is 17.1 Å². The lowest BCUT2D eigenvalue weighted by molar-refractivity contribution is -0.116. The van der Waals surface area contributed by atoms with E-state index in [1.807, 2.05) is 48.5 Å². The molecule has 0 radical (unpaired) electrons. The first kappa shape index (κ1) is 32.9. The van der Waals surface area contributed by atoms with Gasteiger partial charge in [0.1, 0.15) is 29.9 Å². The molecular formula is C39H33N3O6S. The molecule has 0 aliphatic carbocycles. The van der Waals surface area contributed by atoms with Crippen molar-refractivity contribution in [2.24, 2.45) is 0 Å². The number of rotatable bonds is 11. The van der Waals surface area contributed by atoms with Gasteiger partial charge in [-0.25, -0.2) is 0 Å². The molecule has 6 rings (SSSR count). The number of nitrogens with one attached hydrogen (secondary N) is 3. The van der Waals surface area contributed by atoms with Gasteiger partial charge in [0.15, 0.2) is 11.5 Å². The maximum atomic E-state index is 13.6. The number of carbonyl (C=O) groups excluding carboxylic acids is 3. The monoisotopic (exact) mass is 671 g/mol. The highest BCUT2D eigenvalue weighted by molar-refractivity contribution is 8.00. The number of amides is 3. The molecule has 9 nitrogen and oxygen atoms in total. The zero-order valence-corrected chi connectivity index (χ0v) is 27.4. The summed E-state index contributed by atoms with van der Waals surface area (Å²) in [6.45, 7) is 0.937. The fourth-order valence-electron chi connectivity index (χ4n) is 4.99. The third kappa shape index (κ3) is 8.68. The third-order valence-corrected chi connectivity index (χ3v) is 8.74. The number of methoxy groups -OCH3 is 1. The van der Waals surface area contributed by atoms with Crippen molar-refractivity contribution in [1.82, 2.24) is 5.32 Å². The predicted molar refractivity (Wildman–Crippen MR) is 191 cm³/mol. The van der Waals surface area contributed by atoms with Crippen molar-refractivity contribution in [3.63, 3.8) is 0 Å². The Hall–Kier alpha value is -6.00. The molecule has 49 heavy (non-hydrogen) atoms. The Balaban J connectivity index is 1.17. The van der Waals surface area contributed by atoms with Crippen LogP contribution in [-0.4, -0.2) is 38.0 Å². The number of carbonyl (C=O) groups is 3. The summed E-state index contributed by atoms with van der Waals surface area (Å²) in [7, 11) is 1.58. The van der Waals surface area contributed by atoms with Crippen LogP contribution >= 0.6 is 11.8 Å². The quantitative estimate of drug-likeness (QED) is 0.0994. The second-order valence-corrected chi connectivity index (χ2v) is 12.1. The highest BCUT2D eigenvalue weighted by atomic mass is 32.2. The topological polar surface area (TPSA) is 115 Å². The summed E-state index contributed by atoms with van der Waals surface area (Å²) in [6.07, 6.45) is 1.60. The molecule has 0 aromatic heterocycles. The Morgan fingerprint density at radius 1 is 0.735 bits per heavy atom. The fraction of sp³-hybridized carbons (Fsp3) is 0.103. The maximum absolute atomic E-state index is 13.6. The number of fused-ring (bicyclic) bond motifs is 1. The van der Waals surface area contributed by atoms with Crippen LogP contribution in [-0.2, 0) is 9.59 Å². The first-order valence-corrected chi connectivity index (χ1v) is 16.4. The summed E-state index contributed by atoms with van der Waals surface area (Å²) in [5, 5.41) is 8.07. The Morgan fingerprint density at radius 3 is 2.08 bits per heavy atom. The molecule has 5 aromatic rings. The Labute approximate surface area is 288 Å². The summed E-state index contributed by atoms with van der Waals surface area (Å²) in [5.41, 5.74) is 3.14. The number of benzene rings is 5. The second-order valence-electron chi connectivity index (χ2n) is 10.9. The molecule has 246 valence electrons. The standard InChI is InChI=1S/C39H33N3O6S/c1-46-31-17-12-26(13-18-31)24-33(42-37(43)28-10-6-3-7-11-28)38(44)40-29-14-19-32(20-15-29)49-36(27-8-4-2-5-9-27)39(45)41-30-16-21-34-35(25-30)48-23-22-47-34/h2-21,24-25,36H,22-23H2,1H3,(H,40,44)(H,41,45)(H,42,43)/b33-24-. The SMILES string of the molecule is COc1ccc(/C=C(\NC(=O)c2ccccc2)C(=O)Nc2ccc(SC(C(=O)Nc3ccc4c(c3)OCCO4)c3ccccc3)cc2)cc1. The minimum atomic E-state index is -0.568. The average molecular weight is 672 g/mol. The molecule has 0 spiro atoms. The van der Waals surface area contributed by atoms with Gasteiger partial charge in [0.05, 0.1) is 7.11 Å². The largest absolute Gasteiger partial charge is 0.497 e. The predicted octanol–water partition coefficient (Wildman–Crippen LogP) is 7.35. The molecule has 1 heterocycles. The van der Waals surface area contributed by atoms with Crippen molar-refractivity contribution in [2.45, 2.75) is 10.1 Å². The highest BCUT2D eigenvalue weighted by Crippen LogP contribution is 2.38. The molecule has 1 aliphatic rings. The lowest BCUT2D eigenvalue weighted by Gasteiger charge is -2.20. The number of hydrogen-bond acceptors (Lipinski definition) is 7. The molecule has 0 fully saturated rings. The summed E-state index contributed by atoms with van der Waals surface area (Å²) in [4.78, 5) is 41.0. The van der Waals surface area contributed by atoms with E-state index in [2.05, 4.69) is 16.0 Å². The molecule has 1 atom stereocenters. The summed E-state index contributed by atoms with van der Waals surface area (Å²) in [6, 6.07) is 37.8. The van der Waals surface area contributed by atoms with Gasteiger partial charge in [0, 0.05) is 27.9 Å². The molecule has 0 saturated carbocycles. The molecule has 3 amide bonds. The Kier molecular flexibility index (Phi) is 10.6. The van der Waals surface area contributed by atoms with Crippen LogP contribution < -0.4 is 30.2 Å². The van der Waals surface area contributed by atoms with Gasteiger partial charge in [0.2, 0.25) is 5.91 Å². The van der Waals surface area contributed by atoms with Crippen molar-refractivity contribution in [3.8, 4) is 17.2 Å². The van der Waals surface area contributed by atoms with Gasteiger partial charge < -0.3 is 30.2 Å². The van der Waals surface area contributed by atoms with E-state index in [1.165, 1.54) is 11.8 Å². The smallest absolute Gasteiger partial charge is 0.272 e. The zero-order valence-electron chi connectivity index (χ0n) is 26.6. The molecule has 0 bridgehead atoms. The van der Waals surface area contributed by atoms with Crippen molar-refractivity contribution in [2.75, 3.05) is 31.0 Å². The van der Waals surface area contributed by atoms with Gasteiger partial charge in [0.25, 0.3) is 11.8 Å². The average Bonchev–Trinajstić information content (AvgIpc) is 3.15. The summed E-state index contributed by atoms with van der Waals surface area (Å²) in [5.74, 6) is 0.794. The summed E-state index contributed by atoms with van der Waals surface area (Å²) >= 11 is 1.38. The van der Waals surface area contributed by atoms with Gasteiger partial charge in [-0.1, -0.05) is 60.7 Å². The van der Waals surface area contributed by atoms with Crippen LogP contribution in [0.3, 0.4) is 0 Å². The molecule has 10 heteroatoms. The lowest BCUT2D eigenvalue weighted by atomic mass is 10.1. The first-order valence-electron chi connectivity index (χ1n) is 15.5. The minimum absolute atomic E-state index is 0.0671. The fourth-order valence-corrected chi connectivity index (χ4v) is 6.01. The van der Waals surface area contributed by atoms with E-state index in [-0.39, 0.29) is 11.6 Å². The van der Waals surface area contributed by atoms with Crippen molar-refractivity contribution in [1.29, 1.82) is 0 Å². The minimum Gasteiger partial charge on any atom is -0.497 e. The molecule has 3 N–H and O–H groups in total. The van der Waals surface area contributed by atoms with Crippen LogP contribution in [0, 0.1) is 0 Å². The van der Waals surface area contributed by atoms with Crippen molar-refractivity contribution >= 4 is 46.9 Å². The molecule has 1 unspecified atom stereocenters. The van der Waals surface area contributed by atoms with Gasteiger partial charge in [-0.3, -0.25) is 14.4 Å². The van der Waals surface area contributed by atoms with Crippen LogP contribution in [0.25, 0.3) is 6.08 Å². The molecule has 1 aliphatic heterocycles. The van der Waals surface area contributed by atoms with Gasteiger partial charge >= 0.3 is 0 Å². The Bertz CT molecular complexity index is 1950. The number of thioether (sulfide) groups is 1. The van der Waals surface area contributed by atoms with E-state index in [9.17, 15) is 14.4 Å². The zero-order chi connectivity index (χ0) is 34.0. The maximum Gasteiger partial charge on any atom is 0.272 e.